The van der Waals surface area contributed by atoms with E-state index in [-0.39, 0.29) is 3.55 Å². The summed E-state index contributed by atoms with van der Waals surface area (Å²) >= 11 is -1.38. The molecule has 4 fully saturated rings. The SMILES string of the molecule is [CH3][Sb]1[CH2]C2CC[C@@H]3[C@H](CC[C@]4(C)CCC[C@@H]34)[C@H]2C[C]1(C)O. The molecule has 1 N–H and O–H groups in total. The van der Waals surface area contributed by atoms with Gasteiger partial charge in [-0.2, -0.15) is 0 Å². The van der Waals surface area contributed by atoms with Gasteiger partial charge in [-0.1, -0.05) is 0 Å². The van der Waals surface area contributed by atoms with E-state index in [0.29, 0.717) is 5.41 Å². The fraction of sp³-hybridized carbons (Fsp3) is 1.00. The fourth-order valence-corrected chi connectivity index (χ4v) is 12.8. The fourth-order valence-electron chi connectivity index (χ4n) is 6.92. The van der Waals surface area contributed by atoms with Crippen molar-refractivity contribution in [3.8, 4) is 0 Å². The quantitative estimate of drug-likeness (QED) is 0.588. The molecule has 0 amide bonds. The zero-order valence-electron chi connectivity index (χ0n) is 14.1. The van der Waals surface area contributed by atoms with E-state index in [9.17, 15) is 5.11 Å². The van der Waals surface area contributed by atoms with Crippen molar-refractivity contribution in [3.05, 3.63) is 0 Å². The van der Waals surface area contributed by atoms with E-state index in [4.69, 9.17) is 0 Å². The molecule has 1 aliphatic heterocycles. The summed E-state index contributed by atoms with van der Waals surface area (Å²) < 4.78 is 1.24. The molecule has 1 nitrogen and oxygen atoms in total. The van der Waals surface area contributed by atoms with E-state index in [1.165, 1.54) is 55.7 Å². The van der Waals surface area contributed by atoms with Crippen LogP contribution in [0.2, 0.25) is 9.24 Å². The molecule has 0 aromatic heterocycles. The summed E-state index contributed by atoms with van der Waals surface area (Å²) in [5, 5.41) is 10.9. The summed E-state index contributed by atoms with van der Waals surface area (Å²) in [5.74, 6) is 4.90. The van der Waals surface area contributed by atoms with Crippen LogP contribution >= 0.6 is 0 Å². The molecule has 120 valence electrons. The molecule has 7 atom stereocenters. The third kappa shape index (κ3) is 2.35. The van der Waals surface area contributed by atoms with Crippen LogP contribution in [0, 0.1) is 35.0 Å². The standard InChI is InChI=1S/C18H30O.CH3.Sb/c1-12-6-7-15-14(16(12)11-13(2)19)8-10-18(3)9-4-5-17(15)18;;/h12,14-17,19H,1,4-11H2,2-3H3;1H3;/t12?,14-,15+,16-,17-,18-;;/m0../s1. The topological polar surface area (TPSA) is 20.2 Å². The van der Waals surface area contributed by atoms with Crippen molar-refractivity contribution in [1.29, 1.82) is 0 Å². The summed E-state index contributed by atoms with van der Waals surface area (Å²) in [4.78, 5) is 2.46. The van der Waals surface area contributed by atoms with Crippen molar-refractivity contribution in [2.45, 2.75) is 78.0 Å². The molecule has 0 spiro atoms. The minimum atomic E-state index is -1.38. The number of fused-ring (bicyclic) bond motifs is 5. The average Bonchev–Trinajstić information content (AvgIpc) is 2.81. The first-order valence-electron chi connectivity index (χ1n) is 9.34. The van der Waals surface area contributed by atoms with E-state index < -0.39 is 20.2 Å². The van der Waals surface area contributed by atoms with Crippen molar-refractivity contribution in [2.75, 3.05) is 0 Å². The van der Waals surface area contributed by atoms with Crippen molar-refractivity contribution < 1.29 is 5.11 Å². The van der Waals surface area contributed by atoms with E-state index >= 15 is 0 Å². The number of rotatable bonds is 0. The molecular formula is C19H33OSb. The van der Waals surface area contributed by atoms with Crippen LogP contribution in [0.3, 0.4) is 0 Å². The second-order valence-corrected chi connectivity index (χ2v) is 17.1. The molecule has 4 aliphatic rings. The zero-order valence-corrected chi connectivity index (χ0v) is 16.7. The second kappa shape index (κ2) is 5.14. The molecule has 3 aliphatic carbocycles. The van der Waals surface area contributed by atoms with E-state index in [2.05, 4.69) is 18.7 Å². The van der Waals surface area contributed by atoms with Gasteiger partial charge in [-0.15, -0.1) is 0 Å². The molecule has 0 radical (unpaired) electrons. The van der Waals surface area contributed by atoms with Crippen molar-refractivity contribution >= 4 is 20.2 Å². The van der Waals surface area contributed by atoms with E-state index in [1.807, 2.05) is 0 Å². The monoisotopic (exact) mass is 398 g/mol. The summed E-state index contributed by atoms with van der Waals surface area (Å²) in [6.45, 7) is 4.79. The molecule has 2 unspecified atom stereocenters. The van der Waals surface area contributed by atoms with Gasteiger partial charge in [-0.25, -0.2) is 0 Å². The molecule has 0 aromatic carbocycles. The molecule has 1 heterocycles. The van der Waals surface area contributed by atoms with Crippen LogP contribution in [0.15, 0.2) is 0 Å². The Morgan fingerprint density at radius 1 is 0.952 bits per heavy atom. The Balaban J connectivity index is 1.58. The van der Waals surface area contributed by atoms with Gasteiger partial charge in [0.1, 0.15) is 0 Å². The first-order chi connectivity index (χ1) is 9.91. The summed E-state index contributed by atoms with van der Waals surface area (Å²) in [5.41, 5.74) is 0.691. The predicted octanol–water partition coefficient (Wildman–Crippen LogP) is 4.66. The Morgan fingerprint density at radius 2 is 1.76 bits per heavy atom. The first kappa shape index (κ1) is 15.3. The van der Waals surface area contributed by atoms with Gasteiger partial charge in [0, 0.05) is 0 Å². The molecule has 0 aromatic rings. The Labute approximate surface area is 138 Å². The van der Waals surface area contributed by atoms with Crippen molar-refractivity contribution in [3.63, 3.8) is 0 Å². The van der Waals surface area contributed by atoms with E-state index in [0.717, 1.165) is 29.6 Å². The Kier molecular flexibility index (Phi) is 3.75. The maximum absolute atomic E-state index is 10.9. The van der Waals surface area contributed by atoms with Crippen LogP contribution in [0.5, 0.6) is 0 Å². The number of aliphatic hydroxyl groups is 1. The second-order valence-electron chi connectivity index (χ2n) is 9.32. The van der Waals surface area contributed by atoms with Gasteiger partial charge >= 0.3 is 138 Å². The molecule has 1 saturated heterocycles. The third-order valence-electron chi connectivity index (χ3n) is 8.25. The van der Waals surface area contributed by atoms with Gasteiger partial charge in [-0.05, 0) is 0 Å². The van der Waals surface area contributed by atoms with Crippen LogP contribution < -0.4 is 0 Å². The van der Waals surface area contributed by atoms with Crippen molar-refractivity contribution in [1.82, 2.24) is 0 Å². The number of hydrogen-bond acceptors (Lipinski definition) is 1. The first-order valence-corrected chi connectivity index (χ1v) is 15.0. The number of hydrogen-bond donors (Lipinski definition) is 1. The summed E-state index contributed by atoms with van der Waals surface area (Å²) in [6, 6.07) is 0. The molecule has 3 saturated carbocycles. The van der Waals surface area contributed by atoms with Crippen molar-refractivity contribution in [2.24, 2.45) is 35.0 Å². The average molecular weight is 399 g/mol. The van der Waals surface area contributed by atoms with Crippen LogP contribution in [-0.2, 0) is 0 Å². The van der Waals surface area contributed by atoms with Crippen LogP contribution in [0.4, 0.5) is 0 Å². The summed E-state index contributed by atoms with van der Waals surface area (Å²) in [6.07, 6.45) is 11.7. The Hall–Kier alpha value is 0.778. The molecule has 21 heavy (non-hydrogen) atoms. The molecular weight excluding hydrogens is 366 g/mol. The molecule has 2 heteroatoms. The maximum atomic E-state index is 10.9. The normalized spacial score (nSPS) is 57.4. The van der Waals surface area contributed by atoms with Gasteiger partial charge < -0.3 is 0 Å². The van der Waals surface area contributed by atoms with Crippen LogP contribution in [0.25, 0.3) is 0 Å². The van der Waals surface area contributed by atoms with Gasteiger partial charge in [0.15, 0.2) is 0 Å². The predicted molar refractivity (Wildman–Crippen MR) is 89.5 cm³/mol. The Bertz CT molecular complexity index is 420. The van der Waals surface area contributed by atoms with Gasteiger partial charge in [0.05, 0.1) is 0 Å². The zero-order chi connectivity index (χ0) is 14.8. The minimum absolute atomic E-state index is 0.220. The van der Waals surface area contributed by atoms with Crippen LogP contribution in [0.1, 0.15) is 65.2 Å². The Morgan fingerprint density at radius 3 is 2.57 bits per heavy atom. The van der Waals surface area contributed by atoms with E-state index in [1.54, 1.807) is 0 Å². The summed E-state index contributed by atoms with van der Waals surface area (Å²) in [7, 11) is 0. The van der Waals surface area contributed by atoms with Gasteiger partial charge in [-0.3, -0.25) is 0 Å². The molecule has 0 bridgehead atoms. The molecule has 4 rings (SSSR count). The van der Waals surface area contributed by atoms with Crippen LogP contribution in [-0.4, -0.2) is 28.9 Å². The third-order valence-corrected chi connectivity index (χ3v) is 16.4. The van der Waals surface area contributed by atoms with Gasteiger partial charge in [0.2, 0.25) is 0 Å². The van der Waals surface area contributed by atoms with Gasteiger partial charge in [0.25, 0.3) is 0 Å².